The molecule has 2 heterocycles. The van der Waals surface area contributed by atoms with Gasteiger partial charge in [0.05, 0.1) is 12.1 Å². The lowest BCUT2D eigenvalue weighted by molar-refractivity contribution is -0.114. The van der Waals surface area contributed by atoms with E-state index in [0.717, 1.165) is 6.42 Å². The summed E-state index contributed by atoms with van der Waals surface area (Å²) in [7, 11) is 0. The molecule has 1 aromatic heterocycles. The Labute approximate surface area is 152 Å². The summed E-state index contributed by atoms with van der Waals surface area (Å²) in [5, 5.41) is 10.6. The van der Waals surface area contributed by atoms with Gasteiger partial charge in [-0.15, -0.1) is 5.10 Å². The van der Waals surface area contributed by atoms with Gasteiger partial charge in [0.2, 0.25) is 11.9 Å². The quantitative estimate of drug-likeness (QED) is 0.758. The van der Waals surface area contributed by atoms with Crippen LogP contribution in [0.4, 0.5) is 11.9 Å². The zero-order chi connectivity index (χ0) is 18.1. The van der Waals surface area contributed by atoms with Crippen LogP contribution in [0.5, 0.6) is 0 Å². The van der Waals surface area contributed by atoms with Gasteiger partial charge in [-0.3, -0.25) is 10.1 Å². The Balaban J connectivity index is 1.75. The van der Waals surface area contributed by atoms with Crippen LogP contribution in [0.3, 0.4) is 0 Å². The molecule has 0 fully saturated rings. The van der Waals surface area contributed by atoms with E-state index in [1.54, 1.807) is 0 Å². The third kappa shape index (κ3) is 3.18. The molecule has 0 spiro atoms. The van der Waals surface area contributed by atoms with Gasteiger partial charge in [-0.25, -0.2) is 4.68 Å². The summed E-state index contributed by atoms with van der Waals surface area (Å²) in [6, 6.07) is 19.0. The monoisotopic (exact) mass is 347 g/mol. The number of hydrogen-bond donors (Lipinski definition) is 2. The van der Waals surface area contributed by atoms with Gasteiger partial charge >= 0.3 is 0 Å². The smallest absolute Gasteiger partial charge is 0.250 e. The Morgan fingerprint density at radius 3 is 2.54 bits per heavy atom. The number of carbonyl (C=O) groups excluding carboxylic acids is 1. The minimum absolute atomic E-state index is 0.0482. The summed E-state index contributed by atoms with van der Waals surface area (Å²) in [5.74, 6) is 0.810. The van der Waals surface area contributed by atoms with Crippen LogP contribution in [0.25, 0.3) is 0 Å². The average Bonchev–Trinajstić information content (AvgIpc) is 3.04. The Bertz CT molecular complexity index is 917. The lowest BCUT2D eigenvalue weighted by atomic mass is 9.93. The minimum Gasteiger partial charge on any atom is -0.347 e. The highest BCUT2D eigenvalue weighted by Gasteiger charge is 2.31. The van der Waals surface area contributed by atoms with Gasteiger partial charge in [-0.2, -0.15) is 4.98 Å². The second-order valence-corrected chi connectivity index (χ2v) is 6.65. The van der Waals surface area contributed by atoms with Gasteiger partial charge in [0.15, 0.2) is 0 Å². The number of aromatic nitrogens is 3. The van der Waals surface area contributed by atoms with Crippen molar-refractivity contribution < 1.29 is 4.79 Å². The average molecular weight is 347 g/mol. The van der Waals surface area contributed by atoms with E-state index in [4.69, 9.17) is 0 Å². The van der Waals surface area contributed by atoms with Gasteiger partial charge in [0.25, 0.3) is 5.95 Å². The summed E-state index contributed by atoms with van der Waals surface area (Å²) in [4.78, 5) is 15.8. The van der Waals surface area contributed by atoms with Gasteiger partial charge in [-0.05, 0) is 24.5 Å². The summed E-state index contributed by atoms with van der Waals surface area (Å²) in [5.41, 5.74) is 3.61. The van der Waals surface area contributed by atoms with Crippen molar-refractivity contribution in [1.82, 2.24) is 14.8 Å². The zero-order valence-electron chi connectivity index (χ0n) is 14.8. The van der Waals surface area contributed by atoms with E-state index in [9.17, 15) is 4.79 Å². The van der Waals surface area contributed by atoms with Crippen molar-refractivity contribution in [2.75, 3.05) is 10.6 Å². The van der Waals surface area contributed by atoms with Crippen LogP contribution in [0.15, 0.2) is 54.6 Å². The Kier molecular flexibility index (Phi) is 4.16. The molecular formula is C20H21N5O. The number of fused-ring (bicyclic) bond motifs is 1. The van der Waals surface area contributed by atoms with E-state index >= 15 is 0 Å². The minimum atomic E-state index is -0.181. The molecule has 26 heavy (non-hydrogen) atoms. The number of benzene rings is 2. The van der Waals surface area contributed by atoms with Crippen molar-refractivity contribution in [2.24, 2.45) is 0 Å². The van der Waals surface area contributed by atoms with Crippen molar-refractivity contribution in [3.63, 3.8) is 0 Å². The van der Waals surface area contributed by atoms with E-state index in [-0.39, 0.29) is 18.0 Å². The summed E-state index contributed by atoms with van der Waals surface area (Å²) < 4.78 is 1.87. The second-order valence-electron chi connectivity index (χ2n) is 6.65. The second kappa shape index (κ2) is 6.63. The molecule has 6 nitrogen and oxygen atoms in total. The highest BCUT2D eigenvalue weighted by molar-refractivity contribution is 5.86. The van der Waals surface area contributed by atoms with Crippen molar-refractivity contribution in [1.29, 1.82) is 0 Å². The number of hydrogen-bond acceptors (Lipinski definition) is 4. The fourth-order valence-corrected chi connectivity index (χ4v) is 3.36. The molecule has 0 aliphatic carbocycles. The van der Waals surface area contributed by atoms with Gasteiger partial charge < -0.3 is 5.32 Å². The topological polar surface area (TPSA) is 71.8 Å². The Hall–Kier alpha value is -3.15. The molecule has 6 heteroatoms. The molecular weight excluding hydrogens is 326 g/mol. The van der Waals surface area contributed by atoms with Crippen molar-refractivity contribution in [3.8, 4) is 0 Å². The molecule has 0 saturated carbocycles. The molecule has 0 radical (unpaired) electrons. The number of aryl methyl sites for hydroxylation is 1. The molecule has 0 unspecified atom stereocenters. The van der Waals surface area contributed by atoms with Crippen LogP contribution in [0.2, 0.25) is 0 Å². The molecule has 2 N–H and O–H groups in total. The maximum absolute atomic E-state index is 11.4. The van der Waals surface area contributed by atoms with Gasteiger partial charge in [0.1, 0.15) is 0 Å². The molecule has 4 rings (SSSR count). The molecule has 2 aromatic carbocycles. The van der Waals surface area contributed by atoms with Crippen LogP contribution < -0.4 is 10.6 Å². The molecule has 1 amide bonds. The van der Waals surface area contributed by atoms with Crippen molar-refractivity contribution in [2.45, 2.75) is 32.4 Å². The molecule has 132 valence electrons. The van der Waals surface area contributed by atoms with Crippen LogP contribution in [0, 0.1) is 6.92 Å². The molecule has 3 aromatic rings. The fraction of sp³-hybridized carbons (Fsp3) is 0.250. The first kappa shape index (κ1) is 16.3. The summed E-state index contributed by atoms with van der Waals surface area (Å²) in [6.07, 6.45) is 0.850. The van der Waals surface area contributed by atoms with E-state index < -0.39 is 0 Å². The summed E-state index contributed by atoms with van der Waals surface area (Å²) in [6.45, 7) is 3.53. The third-order valence-electron chi connectivity index (χ3n) is 4.64. The number of nitrogens with zero attached hydrogens (tertiary/aromatic N) is 3. The van der Waals surface area contributed by atoms with Crippen molar-refractivity contribution >= 4 is 17.8 Å². The Morgan fingerprint density at radius 1 is 1.12 bits per heavy atom. The number of rotatable bonds is 3. The van der Waals surface area contributed by atoms with E-state index in [0.29, 0.717) is 11.9 Å². The van der Waals surface area contributed by atoms with E-state index in [1.807, 2.05) is 22.9 Å². The molecule has 1 aliphatic heterocycles. The maximum atomic E-state index is 11.4. The standard InChI is InChI=1S/C20H21N5O/c1-13-8-10-16(11-9-13)18-12-17(15-6-4-3-5-7-15)22-20-23-19(21-14(2)26)24-25(18)20/h3-11,17-18H,12H2,1-2H3,(H2,21,22,23,24,26)/t17-,18-/m0/s1. The van der Waals surface area contributed by atoms with Gasteiger partial charge in [0, 0.05) is 6.92 Å². The molecule has 1 aliphatic rings. The largest absolute Gasteiger partial charge is 0.347 e. The van der Waals surface area contributed by atoms with Crippen LogP contribution >= 0.6 is 0 Å². The number of nitrogens with one attached hydrogen (secondary N) is 2. The first-order chi connectivity index (χ1) is 12.6. The third-order valence-corrected chi connectivity index (χ3v) is 4.64. The highest BCUT2D eigenvalue weighted by atomic mass is 16.1. The number of anilines is 2. The molecule has 0 saturated heterocycles. The predicted octanol–water partition coefficient (Wildman–Crippen LogP) is 3.69. The summed E-state index contributed by atoms with van der Waals surface area (Å²) >= 11 is 0. The lowest BCUT2D eigenvalue weighted by Gasteiger charge is -2.31. The molecule has 2 atom stereocenters. The van der Waals surface area contributed by atoms with Crippen LogP contribution in [-0.4, -0.2) is 20.7 Å². The number of amides is 1. The lowest BCUT2D eigenvalue weighted by Crippen LogP contribution is -2.28. The van der Waals surface area contributed by atoms with E-state index in [1.165, 1.54) is 23.6 Å². The fourth-order valence-electron chi connectivity index (χ4n) is 3.36. The van der Waals surface area contributed by atoms with Crippen LogP contribution in [-0.2, 0) is 4.79 Å². The Morgan fingerprint density at radius 2 is 1.85 bits per heavy atom. The first-order valence-corrected chi connectivity index (χ1v) is 8.72. The normalized spacial score (nSPS) is 18.7. The van der Waals surface area contributed by atoms with Gasteiger partial charge in [-0.1, -0.05) is 60.2 Å². The SMILES string of the molecule is CC(=O)Nc1nc2n(n1)[C@H](c1ccc(C)cc1)C[C@@H](c1ccccc1)N2. The maximum Gasteiger partial charge on any atom is 0.250 e. The van der Waals surface area contributed by atoms with E-state index in [2.05, 4.69) is 64.0 Å². The zero-order valence-corrected chi connectivity index (χ0v) is 14.8. The predicted molar refractivity (Wildman–Crippen MR) is 101 cm³/mol. The highest BCUT2D eigenvalue weighted by Crippen LogP contribution is 2.38. The number of carbonyl (C=O) groups is 1. The first-order valence-electron chi connectivity index (χ1n) is 8.72. The van der Waals surface area contributed by atoms with Crippen molar-refractivity contribution in [3.05, 3.63) is 71.3 Å². The molecule has 0 bridgehead atoms. The van der Waals surface area contributed by atoms with Crippen LogP contribution in [0.1, 0.15) is 42.1 Å².